The summed E-state index contributed by atoms with van der Waals surface area (Å²) >= 11 is 0. The van der Waals surface area contributed by atoms with Crippen LogP contribution >= 0.6 is 0 Å². The largest absolute Gasteiger partial charge is 0.508 e. The van der Waals surface area contributed by atoms with E-state index in [1.807, 2.05) is 13.8 Å². The first kappa shape index (κ1) is 18.9. The van der Waals surface area contributed by atoms with Gasteiger partial charge < -0.3 is 15.1 Å². The zero-order valence-electron chi connectivity index (χ0n) is 14.7. The Morgan fingerprint density at radius 1 is 1.16 bits per heavy atom. The van der Waals surface area contributed by atoms with E-state index in [1.54, 1.807) is 36.1 Å². The lowest BCUT2D eigenvalue weighted by atomic mass is 9.94. The van der Waals surface area contributed by atoms with Crippen molar-refractivity contribution in [2.45, 2.75) is 33.2 Å². The Labute approximate surface area is 147 Å². The fourth-order valence-electron chi connectivity index (χ4n) is 2.89. The summed E-state index contributed by atoms with van der Waals surface area (Å²) in [7, 11) is 0. The molecule has 0 aliphatic rings. The smallest absolute Gasteiger partial charge is 0.232 e. The van der Waals surface area contributed by atoms with Crippen LogP contribution < -0.4 is 4.90 Å². The van der Waals surface area contributed by atoms with E-state index >= 15 is 0 Å². The van der Waals surface area contributed by atoms with Crippen LogP contribution in [0.3, 0.4) is 0 Å². The minimum atomic E-state index is -0.744. The molecule has 1 unspecified atom stereocenters. The monoisotopic (exact) mass is 345 g/mol. The summed E-state index contributed by atoms with van der Waals surface area (Å²) in [4.78, 5) is 14.6. The molecule has 1 amide bonds. The fourth-order valence-corrected chi connectivity index (χ4v) is 2.89. The molecule has 2 rings (SSSR count). The Morgan fingerprint density at radius 2 is 1.80 bits per heavy atom. The summed E-state index contributed by atoms with van der Waals surface area (Å²) in [5, 5.41) is 19.2. The molecule has 0 radical (unpaired) electrons. The average Bonchev–Trinajstić information content (AvgIpc) is 2.56. The van der Waals surface area contributed by atoms with Crippen LogP contribution in [0.2, 0.25) is 0 Å². The normalized spacial score (nSPS) is 12.2. The number of carbonyl (C=O) groups excluding carboxylic acids is 1. The first-order valence-corrected chi connectivity index (χ1v) is 8.32. The molecule has 2 aromatic rings. The highest BCUT2D eigenvalue weighted by Crippen LogP contribution is 2.25. The molecular formula is C20H24FNO3. The predicted molar refractivity (Wildman–Crippen MR) is 96.1 cm³/mol. The molecule has 134 valence electrons. The molecule has 0 bridgehead atoms. The molecule has 0 aliphatic heterocycles. The fraction of sp³-hybridized carbons (Fsp3) is 0.350. The number of anilines is 1. The van der Waals surface area contributed by atoms with Crippen molar-refractivity contribution in [3.8, 4) is 5.75 Å². The van der Waals surface area contributed by atoms with Gasteiger partial charge in [0.25, 0.3) is 0 Å². The van der Waals surface area contributed by atoms with Gasteiger partial charge in [0.05, 0.1) is 12.5 Å². The first-order chi connectivity index (χ1) is 11.8. The van der Waals surface area contributed by atoms with Gasteiger partial charge >= 0.3 is 0 Å². The van der Waals surface area contributed by atoms with Crippen molar-refractivity contribution in [1.82, 2.24) is 0 Å². The summed E-state index contributed by atoms with van der Waals surface area (Å²) in [6, 6.07) is 10.9. The molecule has 0 spiro atoms. The molecule has 2 N–H and O–H groups in total. The molecule has 0 aliphatic carbocycles. The van der Waals surface area contributed by atoms with Gasteiger partial charge in [-0.1, -0.05) is 12.1 Å². The van der Waals surface area contributed by atoms with Crippen molar-refractivity contribution in [1.29, 1.82) is 0 Å². The van der Waals surface area contributed by atoms with Crippen molar-refractivity contribution in [3.63, 3.8) is 0 Å². The Hall–Kier alpha value is -2.40. The Bertz CT molecular complexity index is 708. The molecule has 2 aromatic carbocycles. The van der Waals surface area contributed by atoms with Crippen LogP contribution in [-0.2, 0) is 11.2 Å². The van der Waals surface area contributed by atoms with Gasteiger partial charge in [-0.15, -0.1) is 0 Å². The highest BCUT2D eigenvalue weighted by molar-refractivity contribution is 5.95. The topological polar surface area (TPSA) is 60.8 Å². The second kappa shape index (κ2) is 8.12. The van der Waals surface area contributed by atoms with Crippen LogP contribution in [0.1, 0.15) is 25.0 Å². The average molecular weight is 345 g/mol. The van der Waals surface area contributed by atoms with Gasteiger partial charge in [-0.3, -0.25) is 4.79 Å². The van der Waals surface area contributed by atoms with E-state index in [2.05, 4.69) is 0 Å². The number of hydrogen-bond donors (Lipinski definition) is 2. The van der Waals surface area contributed by atoms with Gasteiger partial charge in [0.2, 0.25) is 5.91 Å². The van der Waals surface area contributed by atoms with Crippen LogP contribution in [0.15, 0.2) is 42.5 Å². The van der Waals surface area contributed by atoms with E-state index in [-0.39, 0.29) is 36.5 Å². The molecule has 25 heavy (non-hydrogen) atoms. The quantitative estimate of drug-likeness (QED) is 0.843. The minimum absolute atomic E-state index is 0.112. The maximum Gasteiger partial charge on any atom is 0.232 e. The number of hydrogen-bond acceptors (Lipinski definition) is 3. The van der Waals surface area contributed by atoms with E-state index in [4.69, 9.17) is 0 Å². The van der Waals surface area contributed by atoms with Crippen LogP contribution in [0, 0.1) is 18.7 Å². The zero-order valence-corrected chi connectivity index (χ0v) is 14.7. The van der Waals surface area contributed by atoms with Crippen molar-refractivity contribution < 1.29 is 19.4 Å². The van der Waals surface area contributed by atoms with E-state index < -0.39 is 5.92 Å². The van der Waals surface area contributed by atoms with Crippen molar-refractivity contribution in [2.24, 2.45) is 5.92 Å². The number of aryl methyl sites for hydroxylation is 1. The Balaban J connectivity index is 2.31. The van der Waals surface area contributed by atoms with Crippen LogP contribution in [0.5, 0.6) is 5.75 Å². The lowest BCUT2D eigenvalue weighted by Gasteiger charge is -2.30. The van der Waals surface area contributed by atoms with Gasteiger partial charge in [-0.05, 0) is 68.7 Å². The number of nitrogens with zero attached hydrogens (tertiary/aromatic N) is 1. The predicted octanol–water partition coefficient (Wildman–Crippen LogP) is 3.43. The second-order valence-electron chi connectivity index (χ2n) is 6.44. The third-order valence-corrected chi connectivity index (χ3v) is 4.25. The van der Waals surface area contributed by atoms with Crippen molar-refractivity contribution in [3.05, 3.63) is 59.4 Å². The maximum atomic E-state index is 14.1. The molecule has 0 saturated heterocycles. The molecule has 0 heterocycles. The number of carbonyl (C=O) groups is 1. The molecule has 5 heteroatoms. The highest BCUT2D eigenvalue weighted by Gasteiger charge is 2.28. The van der Waals surface area contributed by atoms with Gasteiger partial charge in [0, 0.05) is 11.7 Å². The molecule has 0 fully saturated rings. The number of aliphatic hydroxyl groups excluding tert-OH is 1. The Morgan fingerprint density at radius 3 is 2.32 bits per heavy atom. The van der Waals surface area contributed by atoms with Crippen LogP contribution in [-0.4, -0.2) is 28.8 Å². The second-order valence-corrected chi connectivity index (χ2v) is 6.44. The standard InChI is InChI=1S/C20H24FNO3/c1-13(2)22(16-7-9-17(24)10-8-16)20(25)15(12-23)11-18-14(3)5-4-6-19(18)21/h4-10,13,15,23-24H,11-12H2,1-3H3. The number of aromatic hydroxyl groups is 1. The lowest BCUT2D eigenvalue weighted by Crippen LogP contribution is -2.43. The SMILES string of the molecule is Cc1cccc(F)c1CC(CO)C(=O)N(c1ccc(O)cc1)C(C)C. The van der Waals surface area contributed by atoms with Gasteiger partial charge in [-0.25, -0.2) is 4.39 Å². The van der Waals surface area contributed by atoms with Crippen molar-refractivity contribution in [2.75, 3.05) is 11.5 Å². The summed E-state index contributed by atoms with van der Waals surface area (Å²) in [5.74, 6) is -1.27. The maximum absolute atomic E-state index is 14.1. The number of aliphatic hydroxyl groups is 1. The zero-order chi connectivity index (χ0) is 18.6. The number of rotatable bonds is 6. The van der Waals surface area contributed by atoms with E-state index in [0.717, 1.165) is 5.56 Å². The third-order valence-electron chi connectivity index (χ3n) is 4.25. The van der Waals surface area contributed by atoms with E-state index in [9.17, 15) is 19.4 Å². The summed E-state index contributed by atoms with van der Waals surface area (Å²) in [6.45, 7) is 5.16. The molecule has 4 nitrogen and oxygen atoms in total. The third kappa shape index (κ3) is 4.37. The van der Waals surface area contributed by atoms with E-state index in [0.29, 0.717) is 11.3 Å². The number of phenolic OH excluding ortho intramolecular Hbond substituents is 1. The highest BCUT2D eigenvalue weighted by atomic mass is 19.1. The van der Waals surface area contributed by atoms with Gasteiger partial charge in [0.1, 0.15) is 11.6 Å². The molecule has 1 atom stereocenters. The van der Waals surface area contributed by atoms with Crippen LogP contribution in [0.4, 0.5) is 10.1 Å². The minimum Gasteiger partial charge on any atom is -0.508 e. The molecular weight excluding hydrogens is 321 g/mol. The van der Waals surface area contributed by atoms with Crippen molar-refractivity contribution >= 4 is 11.6 Å². The first-order valence-electron chi connectivity index (χ1n) is 8.32. The number of phenols is 1. The summed E-state index contributed by atoms with van der Waals surface area (Å²) < 4.78 is 14.1. The summed E-state index contributed by atoms with van der Waals surface area (Å²) in [5.41, 5.74) is 1.83. The van der Waals surface area contributed by atoms with E-state index in [1.165, 1.54) is 18.2 Å². The van der Waals surface area contributed by atoms with Gasteiger partial charge in [0.15, 0.2) is 0 Å². The number of halogens is 1. The van der Waals surface area contributed by atoms with Gasteiger partial charge in [-0.2, -0.15) is 0 Å². The van der Waals surface area contributed by atoms with Crippen LogP contribution in [0.25, 0.3) is 0 Å². The number of benzene rings is 2. The Kier molecular flexibility index (Phi) is 6.15. The molecule has 0 aromatic heterocycles. The lowest BCUT2D eigenvalue weighted by molar-refractivity contribution is -0.123. The summed E-state index contributed by atoms with van der Waals surface area (Å²) in [6.07, 6.45) is 0.134. The number of amides is 1. The molecule has 0 saturated carbocycles.